The number of hydrogen-bond donors (Lipinski definition) is 0. The van der Waals surface area contributed by atoms with E-state index in [1.54, 1.807) is 12.1 Å². The predicted octanol–water partition coefficient (Wildman–Crippen LogP) is 4.46. The number of carbonyl (C=O) groups excluding carboxylic acids is 1. The van der Waals surface area contributed by atoms with Crippen LogP contribution in [0.15, 0.2) is 18.2 Å². The molecule has 1 aromatic rings. The highest BCUT2D eigenvalue weighted by atomic mass is 35.5. The summed E-state index contributed by atoms with van der Waals surface area (Å²) in [4.78, 5) is 14.3. The van der Waals surface area contributed by atoms with Gasteiger partial charge in [-0.1, -0.05) is 6.92 Å². The van der Waals surface area contributed by atoms with Crippen LogP contribution in [0, 0.1) is 5.82 Å². The van der Waals surface area contributed by atoms with E-state index in [0.29, 0.717) is 18.7 Å². The minimum atomic E-state index is -0.256. The molecule has 2 nitrogen and oxygen atoms in total. The van der Waals surface area contributed by atoms with Gasteiger partial charge in [0.05, 0.1) is 0 Å². The molecule has 0 N–H and O–H groups in total. The molecule has 1 heterocycles. The summed E-state index contributed by atoms with van der Waals surface area (Å²) in [6, 6.07) is 4.70. The summed E-state index contributed by atoms with van der Waals surface area (Å²) in [7, 11) is 0. The van der Waals surface area contributed by atoms with Crippen molar-refractivity contribution in [2.75, 3.05) is 10.8 Å². The second-order valence-corrected chi connectivity index (χ2v) is 6.52. The van der Waals surface area contributed by atoms with Gasteiger partial charge in [0.2, 0.25) is 5.91 Å². The lowest BCUT2D eigenvalue weighted by Crippen LogP contribution is -2.51. The van der Waals surface area contributed by atoms with Crippen LogP contribution in [0.2, 0.25) is 0 Å². The predicted molar refractivity (Wildman–Crippen MR) is 81.0 cm³/mol. The van der Waals surface area contributed by atoms with Crippen molar-refractivity contribution in [3.05, 3.63) is 29.6 Å². The van der Waals surface area contributed by atoms with Crippen molar-refractivity contribution in [1.29, 1.82) is 0 Å². The van der Waals surface area contributed by atoms with Crippen LogP contribution in [0.5, 0.6) is 0 Å². The quantitative estimate of drug-likeness (QED) is 0.754. The molecular formula is C16H21ClFNO. The lowest BCUT2D eigenvalue weighted by Gasteiger charge is -2.46. The first-order chi connectivity index (χ1) is 9.36. The molecule has 0 saturated carbocycles. The molecule has 0 radical (unpaired) electrons. The van der Waals surface area contributed by atoms with Crippen LogP contribution in [-0.2, 0) is 4.79 Å². The molecule has 0 unspecified atom stereocenters. The van der Waals surface area contributed by atoms with Gasteiger partial charge in [-0.15, -0.1) is 11.6 Å². The fraction of sp³-hybridized carbons (Fsp3) is 0.562. The molecular weight excluding hydrogens is 277 g/mol. The van der Waals surface area contributed by atoms with E-state index in [1.165, 1.54) is 6.07 Å². The molecule has 0 aliphatic carbocycles. The maximum absolute atomic E-state index is 13.5. The van der Waals surface area contributed by atoms with Crippen molar-refractivity contribution in [3.8, 4) is 0 Å². The summed E-state index contributed by atoms with van der Waals surface area (Å²) in [5, 5.41) is 0. The van der Waals surface area contributed by atoms with Crippen molar-refractivity contribution < 1.29 is 9.18 Å². The van der Waals surface area contributed by atoms with Gasteiger partial charge in [-0.3, -0.25) is 4.79 Å². The summed E-state index contributed by atoms with van der Waals surface area (Å²) in [5.41, 5.74) is 1.51. The number of halogens is 2. The summed E-state index contributed by atoms with van der Waals surface area (Å²) >= 11 is 5.68. The molecule has 1 aliphatic rings. The molecule has 0 saturated heterocycles. The molecule has 0 fully saturated rings. The smallest absolute Gasteiger partial charge is 0.227 e. The van der Waals surface area contributed by atoms with Gasteiger partial charge in [-0.2, -0.15) is 0 Å². The third-order valence-electron chi connectivity index (χ3n) is 3.95. The first-order valence-corrected chi connectivity index (χ1v) is 7.59. The second kappa shape index (κ2) is 5.72. The third-order valence-corrected chi connectivity index (χ3v) is 4.21. The van der Waals surface area contributed by atoms with Crippen LogP contribution in [-0.4, -0.2) is 17.3 Å². The van der Waals surface area contributed by atoms with Gasteiger partial charge < -0.3 is 4.90 Å². The van der Waals surface area contributed by atoms with Gasteiger partial charge >= 0.3 is 0 Å². The number of alkyl halides is 1. The van der Waals surface area contributed by atoms with Crippen molar-refractivity contribution in [2.24, 2.45) is 0 Å². The summed E-state index contributed by atoms with van der Waals surface area (Å²) in [6.45, 7) is 6.21. The number of carbonyl (C=O) groups is 1. The molecule has 2 rings (SSSR count). The Balaban J connectivity index is 2.43. The maximum Gasteiger partial charge on any atom is 0.227 e. The first kappa shape index (κ1) is 15.3. The molecule has 0 spiro atoms. The van der Waals surface area contributed by atoms with E-state index < -0.39 is 0 Å². The van der Waals surface area contributed by atoms with Gasteiger partial charge in [0.15, 0.2) is 0 Å². The maximum atomic E-state index is 13.5. The second-order valence-electron chi connectivity index (χ2n) is 6.14. The van der Waals surface area contributed by atoms with Crippen LogP contribution in [0.3, 0.4) is 0 Å². The highest BCUT2D eigenvalue weighted by Crippen LogP contribution is 2.43. The lowest BCUT2D eigenvalue weighted by atomic mass is 9.80. The zero-order valence-corrected chi connectivity index (χ0v) is 13.0. The van der Waals surface area contributed by atoms with E-state index in [9.17, 15) is 9.18 Å². The Morgan fingerprint density at radius 1 is 1.50 bits per heavy atom. The molecule has 20 heavy (non-hydrogen) atoms. The normalized spacial score (nSPS) is 20.6. The Hall–Kier alpha value is -1.09. The summed E-state index contributed by atoms with van der Waals surface area (Å²) < 4.78 is 13.5. The number of nitrogens with zero attached hydrogens (tertiary/aromatic N) is 1. The van der Waals surface area contributed by atoms with Crippen LogP contribution < -0.4 is 4.90 Å². The highest BCUT2D eigenvalue weighted by molar-refractivity contribution is 6.18. The fourth-order valence-corrected chi connectivity index (χ4v) is 3.34. The zero-order chi connectivity index (χ0) is 14.9. The Labute approximate surface area is 124 Å². The van der Waals surface area contributed by atoms with Crippen molar-refractivity contribution in [3.63, 3.8) is 0 Å². The number of hydrogen-bond acceptors (Lipinski definition) is 1. The van der Waals surface area contributed by atoms with Crippen LogP contribution in [0.1, 0.15) is 51.5 Å². The topological polar surface area (TPSA) is 20.3 Å². The molecule has 0 aromatic heterocycles. The van der Waals surface area contributed by atoms with E-state index in [1.807, 2.05) is 4.90 Å². The van der Waals surface area contributed by atoms with Crippen LogP contribution >= 0.6 is 11.6 Å². The largest absolute Gasteiger partial charge is 0.307 e. The Morgan fingerprint density at radius 3 is 2.85 bits per heavy atom. The fourth-order valence-electron chi connectivity index (χ4n) is 3.20. The van der Waals surface area contributed by atoms with E-state index in [2.05, 4.69) is 20.8 Å². The van der Waals surface area contributed by atoms with Crippen LogP contribution in [0.25, 0.3) is 0 Å². The molecule has 1 amide bonds. The van der Waals surface area contributed by atoms with Gasteiger partial charge in [-0.25, -0.2) is 4.39 Å². The van der Waals surface area contributed by atoms with E-state index in [0.717, 1.165) is 17.7 Å². The summed E-state index contributed by atoms with van der Waals surface area (Å²) in [6.07, 6.45) is 1.92. The minimum Gasteiger partial charge on any atom is -0.307 e. The van der Waals surface area contributed by atoms with E-state index in [4.69, 9.17) is 11.6 Å². The van der Waals surface area contributed by atoms with Gasteiger partial charge in [0.1, 0.15) is 5.82 Å². The van der Waals surface area contributed by atoms with E-state index >= 15 is 0 Å². The number of rotatable bonds is 3. The third kappa shape index (κ3) is 2.83. The zero-order valence-electron chi connectivity index (χ0n) is 12.2. The summed E-state index contributed by atoms with van der Waals surface area (Å²) in [5.74, 6) is 0.541. The van der Waals surface area contributed by atoms with Crippen molar-refractivity contribution in [1.82, 2.24) is 0 Å². The SMILES string of the molecule is C[C@@H]1CC(C)(C)N(C(=O)CCCCl)c2ccc(F)cc21. The average molecular weight is 298 g/mol. The van der Waals surface area contributed by atoms with Crippen LogP contribution in [0.4, 0.5) is 10.1 Å². The Kier molecular flexibility index (Phi) is 4.38. The molecule has 4 heteroatoms. The first-order valence-electron chi connectivity index (χ1n) is 7.05. The van der Waals surface area contributed by atoms with Gasteiger partial charge in [0, 0.05) is 23.5 Å². The number of amides is 1. The monoisotopic (exact) mass is 297 g/mol. The lowest BCUT2D eigenvalue weighted by molar-refractivity contribution is -0.119. The van der Waals surface area contributed by atoms with Gasteiger partial charge in [-0.05, 0) is 56.4 Å². The van der Waals surface area contributed by atoms with Crippen molar-refractivity contribution in [2.45, 2.75) is 51.5 Å². The minimum absolute atomic E-state index is 0.0652. The Morgan fingerprint density at radius 2 is 2.20 bits per heavy atom. The van der Waals surface area contributed by atoms with E-state index in [-0.39, 0.29) is 23.2 Å². The average Bonchev–Trinajstić information content (AvgIpc) is 2.36. The number of fused-ring (bicyclic) bond motifs is 1. The number of benzene rings is 1. The molecule has 0 bridgehead atoms. The standard InChI is InChI=1S/C16H21ClFNO/c1-11-10-16(2,3)19(15(20)5-4-8-17)14-7-6-12(18)9-13(11)14/h6-7,9,11H,4-5,8,10H2,1-3H3/t11-/m1/s1. The highest BCUT2D eigenvalue weighted by Gasteiger charge is 2.39. The Bertz CT molecular complexity index is 515. The molecule has 110 valence electrons. The van der Waals surface area contributed by atoms with Crippen molar-refractivity contribution >= 4 is 23.2 Å². The van der Waals surface area contributed by atoms with Gasteiger partial charge in [0.25, 0.3) is 0 Å². The molecule has 1 aromatic carbocycles. The molecule has 1 aliphatic heterocycles. The number of anilines is 1. The molecule has 1 atom stereocenters.